The number of guanidine groups is 1. The predicted octanol–water partition coefficient (Wildman–Crippen LogP) is 4.58. The van der Waals surface area contributed by atoms with Crippen LogP contribution in [0.3, 0.4) is 0 Å². The number of nitrogens with zero attached hydrogens (tertiary/aromatic N) is 3. The van der Waals surface area contributed by atoms with Gasteiger partial charge in [0, 0.05) is 23.5 Å². The molecule has 10 heteroatoms. The first-order valence-electron chi connectivity index (χ1n) is 8.33. The third-order valence-corrected chi connectivity index (χ3v) is 4.59. The SMILES string of the molecule is CCNC(=NCc1ccnc2ccccc12)NCc1nc(C(F)(F)F)cs1.I. The van der Waals surface area contributed by atoms with Crippen molar-refractivity contribution in [2.45, 2.75) is 26.2 Å². The molecule has 28 heavy (non-hydrogen) atoms. The Labute approximate surface area is 181 Å². The zero-order valence-electron chi connectivity index (χ0n) is 15.0. The maximum Gasteiger partial charge on any atom is 0.434 e. The maximum atomic E-state index is 12.6. The number of nitrogens with one attached hydrogen (secondary N) is 2. The molecule has 2 N–H and O–H groups in total. The molecule has 0 unspecified atom stereocenters. The Hall–Kier alpha value is -1.95. The summed E-state index contributed by atoms with van der Waals surface area (Å²) in [6.07, 6.45) is -2.68. The molecule has 0 fully saturated rings. The van der Waals surface area contributed by atoms with E-state index in [-0.39, 0.29) is 30.5 Å². The molecule has 3 rings (SSSR count). The molecular formula is C18H19F3IN5S. The fourth-order valence-electron chi connectivity index (χ4n) is 2.48. The van der Waals surface area contributed by atoms with E-state index in [0.29, 0.717) is 24.1 Å². The second-order valence-electron chi connectivity index (χ2n) is 5.66. The Morgan fingerprint density at radius 3 is 2.68 bits per heavy atom. The minimum Gasteiger partial charge on any atom is -0.357 e. The molecule has 150 valence electrons. The number of pyridine rings is 1. The average molecular weight is 521 g/mol. The lowest BCUT2D eigenvalue weighted by Crippen LogP contribution is -2.36. The minimum atomic E-state index is -4.42. The quantitative estimate of drug-likeness (QED) is 0.293. The maximum absolute atomic E-state index is 12.6. The zero-order chi connectivity index (χ0) is 19.3. The molecule has 2 heterocycles. The van der Waals surface area contributed by atoms with E-state index >= 15 is 0 Å². The van der Waals surface area contributed by atoms with Gasteiger partial charge >= 0.3 is 6.18 Å². The molecule has 5 nitrogen and oxygen atoms in total. The molecule has 0 bridgehead atoms. The van der Waals surface area contributed by atoms with Crippen molar-refractivity contribution in [3.63, 3.8) is 0 Å². The Kier molecular flexibility index (Phi) is 7.98. The van der Waals surface area contributed by atoms with E-state index in [1.165, 1.54) is 0 Å². The summed E-state index contributed by atoms with van der Waals surface area (Å²) < 4.78 is 37.9. The number of thiazole rings is 1. The van der Waals surface area contributed by atoms with Gasteiger partial charge in [-0.3, -0.25) is 4.98 Å². The number of hydrogen-bond acceptors (Lipinski definition) is 4. The highest BCUT2D eigenvalue weighted by atomic mass is 127. The third kappa shape index (κ3) is 5.77. The van der Waals surface area contributed by atoms with E-state index in [1.54, 1.807) is 6.20 Å². The topological polar surface area (TPSA) is 62.2 Å². The third-order valence-electron chi connectivity index (χ3n) is 3.74. The van der Waals surface area contributed by atoms with Crippen LogP contribution in [-0.2, 0) is 19.3 Å². The van der Waals surface area contributed by atoms with Gasteiger partial charge in [-0.25, -0.2) is 9.98 Å². The van der Waals surface area contributed by atoms with Gasteiger partial charge in [-0.1, -0.05) is 18.2 Å². The van der Waals surface area contributed by atoms with Gasteiger partial charge in [0.05, 0.1) is 18.6 Å². The molecule has 0 saturated heterocycles. The Morgan fingerprint density at radius 2 is 1.96 bits per heavy atom. The molecule has 0 saturated carbocycles. The van der Waals surface area contributed by atoms with Crippen molar-refractivity contribution in [1.29, 1.82) is 0 Å². The molecule has 0 radical (unpaired) electrons. The lowest BCUT2D eigenvalue weighted by atomic mass is 10.1. The van der Waals surface area contributed by atoms with Crippen molar-refractivity contribution >= 4 is 52.2 Å². The highest BCUT2D eigenvalue weighted by molar-refractivity contribution is 14.0. The molecule has 0 atom stereocenters. The summed E-state index contributed by atoms with van der Waals surface area (Å²) in [7, 11) is 0. The molecule has 0 spiro atoms. The first kappa shape index (κ1) is 22.3. The number of rotatable bonds is 5. The number of aliphatic imine (C=N–C) groups is 1. The lowest BCUT2D eigenvalue weighted by molar-refractivity contribution is -0.140. The van der Waals surface area contributed by atoms with Crippen LogP contribution in [-0.4, -0.2) is 22.5 Å². The van der Waals surface area contributed by atoms with Gasteiger partial charge in [0.1, 0.15) is 5.01 Å². The van der Waals surface area contributed by atoms with Gasteiger partial charge in [-0.15, -0.1) is 35.3 Å². The van der Waals surface area contributed by atoms with Crippen molar-refractivity contribution in [3.8, 4) is 0 Å². The summed E-state index contributed by atoms with van der Waals surface area (Å²) >= 11 is 0.968. The second-order valence-corrected chi connectivity index (χ2v) is 6.60. The normalized spacial score (nSPS) is 11.9. The van der Waals surface area contributed by atoms with Crippen LogP contribution in [0.15, 0.2) is 46.9 Å². The Bertz CT molecular complexity index is 937. The van der Waals surface area contributed by atoms with Crippen LogP contribution in [0.5, 0.6) is 0 Å². The fourth-order valence-corrected chi connectivity index (χ4v) is 3.22. The number of hydrogen-bond donors (Lipinski definition) is 2. The summed E-state index contributed by atoms with van der Waals surface area (Å²) in [5.41, 5.74) is 1.05. The van der Waals surface area contributed by atoms with E-state index in [2.05, 4.69) is 25.6 Å². The van der Waals surface area contributed by atoms with Gasteiger partial charge in [0.25, 0.3) is 0 Å². The molecular weight excluding hydrogens is 502 g/mol. The smallest absolute Gasteiger partial charge is 0.357 e. The summed E-state index contributed by atoms with van der Waals surface area (Å²) in [4.78, 5) is 12.5. The average Bonchev–Trinajstić information content (AvgIpc) is 3.13. The summed E-state index contributed by atoms with van der Waals surface area (Å²) in [5, 5.41) is 8.50. The monoisotopic (exact) mass is 521 g/mol. The molecule has 2 aromatic heterocycles. The number of fused-ring (bicyclic) bond motifs is 1. The van der Waals surface area contributed by atoms with Crippen molar-refractivity contribution in [3.05, 3.63) is 58.2 Å². The van der Waals surface area contributed by atoms with E-state index in [1.807, 2.05) is 37.3 Å². The van der Waals surface area contributed by atoms with E-state index in [9.17, 15) is 13.2 Å². The van der Waals surface area contributed by atoms with Crippen LogP contribution < -0.4 is 10.6 Å². The number of para-hydroxylation sites is 1. The van der Waals surface area contributed by atoms with Gasteiger partial charge < -0.3 is 10.6 Å². The number of benzene rings is 1. The summed E-state index contributed by atoms with van der Waals surface area (Å²) in [6, 6.07) is 9.71. The van der Waals surface area contributed by atoms with Crippen molar-refractivity contribution < 1.29 is 13.2 Å². The molecule has 0 amide bonds. The second kappa shape index (κ2) is 10.0. The van der Waals surface area contributed by atoms with Gasteiger partial charge in [0.2, 0.25) is 0 Å². The highest BCUT2D eigenvalue weighted by Crippen LogP contribution is 2.29. The molecule has 3 aromatic rings. The van der Waals surface area contributed by atoms with Crippen molar-refractivity contribution in [2.24, 2.45) is 4.99 Å². The molecule has 1 aromatic carbocycles. The predicted molar refractivity (Wildman–Crippen MR) is 116 cm³/mol. The number of halogens is 4. The number of alkyl halides is 3. The van der Waals surface area contributed by atoms with E-state index in [4.69, 9.17) is 0 Å². The Morgan fingerprint density at radius 1 is 1.18 bits per heavy atom. The summed E-state index contributed by atoms with van der Waals surface area (Å²) in [5.74, 6) is 0.516. The van der Waals surface area contributed by atoms with Crippen LogP contribution in [0.1, 0.15) is 23.2 Å². The van der Waals surface area contributed by atoms with Crippen LogP contribution in [0.4, 0.5) is 13.2 Å². The van der Waals surface area contributed by atoms with Crippen LogP contribution in [0.2, 0.25) is 0 Å². The fraction of sp³-hybridized carbons (Fsp3) is 0.278. The largest absolute Gasteiger partial charge is 0.434 e. The molecule has 0 aliphatic rings. The van der Waals surface area contributed by atoms with Crippen LogP contribution in [0.25, 0.3) is 10.9 Å². The van der Waals surface area contributed by atoms with E-state index in [0.717, 1.165) is 33.2 Å². The van der Waals surface area contributed by atoms with Gasteiger partial charge in [0.15, 0.2) is 11.7 Å². The first-order valence-corrected chi connectivity index (χ1v) is 9.21. The van der Waals surface area contributed by atoms with Crippen LogP contribution >= 0.6 is 35.3 Å². The Balaban J connectivity index is 0.00000280. The molecule has 0 aliphatic heterocycles. The highest BCUT2D eigenvalue weighted by Gasteiger charge is 2.33. The summed E-state index contributed by atoms with van der Waals surface area (Å²) in [6.45, 7) is 3.15. The first-order chi connectivity index (χ1) is 13.0. The van der Waals surface area contributed by atoms with E-state index < -0.39 is 11.9 Å². The minimum absolute atomic E-state index is 0. The standard InChI is InChI=1S/C18H18F3N5S.HI/c1-2-22-17(25-10-16-26-15(11-27-16)18(19,20)21)24-9-12-7-8-23-14-6-4-3-5-13(12)14;/h3-8,11H,2,9-10H2,1H3,(H2,22,24,25);1H. The van der Waals surface area contributed by atoms with Crippen molar-refractivity contribution in [1.82, 2.24) is 20.6 Å². The van der Waals surface area contributed by atoms with Crippen LogP contribution in [0, 0.1) is 0 Å². The molecule has 0 aliphatic carbocycles. The van der Waals surface area contributed by atoms with Crippen molar-refractivity contribution in [2.75, 3.05) is 6.54 Å². The number of aromatic nitrogens is 2. The zero-order valence-corrected chi connectivity index (χ0v) is 18.1. The lowest BCUT2D eigenvalue weighted by Gasteiger charge is -2.11. The van der Waals surface area contributed by atoms with Gasteiger partial charge in [-0.05, 0) is 24.6 Å². The van der Waals surface area contributed by atoms with Gasteiger partial charge in [-0.2, -0.15) is 13.2 Å².